The van der Waals surface area contributed by atoms with Crippen molar-refractivity contribution >= 4 is 34.2 Å². The topological polar surface area (TPSA) is 41.1 Å². The van der Waals surface area contributed by atoms with E-state index in [0.717, 1.165) is 32.9 Å². The Balaban J connectivity index is 2.38. The molecule has 0 bridgehead atoms. The number of rotatable bonds is 2. The average Bonchev–Trinajstić information content (AvgIpc) is 2.51. The molecule has 4 heteroatoms. The molecule has 0 amide bonds. The molecule has 3 rings (SSSR count). The number of anilines is 2. The fraction of sp³-hybridized carbons (Fsp3) is 0.176. The van der Waals surface area contributed by atoms with Crippen molar-refractivity contribution in [3.05, 3.63) is 58.1 Å². The van der Waals surface area contributed by atoms with Gasteiger partial charge in [-0.3, -0.25) is 4.79 Å². The van der Waals surface area contributed by atoms with Crippen LogP contribution in [-0.2, 0) is 0 Å². The van der Waals surface area contributed by atoms with Crippen molar-refractivity contribution in [2.45, 2.75) is 6.92 Å². The molecule has 0 aromatic heterocycles. The lowest BCUT2D eigenvalue weighted by atomic mass is 9.81. The van der Waals surface area contributed by atoms with E-state index in [1.165, 1.54) is 0 Å². The smallest absolute Gasteiger partial charge is 0.196 e. The Morgan fingerprint density at radius 3 is 2.24 bits per heavy atom. The Hall–Kier alpha value is -2.20. The molecule has 2 aromatic carbocycles. The number of carbonyl (C=O) groups excluding carboxylic acids is 1. The molecule has 0 saturated heterocycles. The van der Waals surface area contributed by atoms with Gasteiger partial charge in [0.2, 0.25) is 0 Å². The molecule has 0 heterocycles. The van der Waals surface area contributed by atoms with Crippen LogP contribution in [0.1, 0.15) is 32.6 Å². The molecule has 3 nitrogen and oxygen atoms in total. The zero-order valence-corrected chi connectivity index (χ0v) is 13.0. The van der Waals surface area contributed by atoms with Gasteiger partial charge >= 0.3 is 0 Å². The maximum Gasteiger partial charge on any atom is 0.196 e. The van der Waals surface area contributed by atoms with Crippen molar-refractivity contribution in [1.29, 1.82) is 0 Å². The molecule has 106 valence electrons. The average molecular weight is 296 g/mol. The lowest BCUT2D eigenvalue weighted by Gasteiger charge is -2.25. The largest absolute Gasteiger partial charge is 0.388 e. The Labute approximate surface area is 129 Å². The number of nitrogens with one attached hydrogen (secondary N) is 2. The Morgan fingerprint density at radius 1 is 0.905 bits per heavy atom. The first-order chi connectivity index (χ1) is 10.1. The van der Waals surface area contributed by atoms with E-state index in [2.05, 4.69) is 10.6 Å². The first-order valence-corrected chi connectivity index (χ1v) is 7.22. The van der Waals surface area contributed by atoms with Crippen LogP contribution in [0.4, 0.5) is 11.4 Å². The molecule has 1 aliphatic carbocycles. The van der Waals surface area contributed by atoms with E-state index in [0.29, 0.717) is 11.1 Å². The number of fused-ring (bicyclic) bond motifs is 2. The van der Waals surface area contributed by atoms with Gasteiger partial charge in [0.25, 0.3) is 0 Å². The standard InChI is InChI=1S/C17H16N2OS/c1-9-7-8-12(19-3)15-13(9)16(20)14-10(17(15)21)5-4-6-11(14)18-2/h4-8,18-19H,1-3H3. The fourth-order valence-corrected chi connectivity index (χ4v) is 3.28. The van der Waals surface area contributed by atoms with Gasteiger partial charge in [0, 0.05) is 42.2 Å². The summed E-state index contributed by atoms with van der Waals surface area (Å²) in [5, 5.41) is 6.23. The highest BCUT2D eigenvalue weighted by atomic mass is 32.1. The van der Waals surface area contributed by atoms with Crippen LogP contribution in [0.2, 0.25) is 0 Å². The summed E-state index contributed by atoms with van der Waals surface area (Å²) < 4.78 is 0. The first kappa shape index (κ1) is 13.8. The van der Waals surface area contributed by atoms with Crippen molar-refractivity contribution < 1.29 is 4.79 Å². The van der Waals surface area contributed by atoms with Crippen LogP contribution in [0.15, 0.2) is 30.3 Å². The van der Waals surface area contributed by atoms with Gasteiger partial charge in [-0.1, -0.05) is 30.4 Å². The van der Waals surface area contributed by atoms with Gasteiger partial charge in [0.05, 0.1) is 10.4 Å². The molecule has 0 fully saturated rings. The first-order valence-electron chi connectivity index (χ1n) is 6.81. The summed E-state index contributed by atoms with van der Waals surface area (Å²) in [6, 6.07) is 9.67. The molecule has 0 unspecified atom stereocenters. The van der Waals surface area contributed by atoms with Crippen LogP contribution in [0, 0.1) is 6.92 Å². The summed E-state index contributed by atoms with van der Waals surface area (Å²) in [6.07, 6.45) is 0. The van der Waals surface area contributed by atoms with E-state index in [1.54, 1.807) is 0 Å². The lowest BCUT2D eigenvalue weighted by molar-refractivity contribution is 0.103. The molecular weight excluding hydrogens is 280 g/mol. The Bertz CT molecular complexity index is 781. The van der Waals surface area contributed by atoms with Crippen LogP contribution in [0.3, 0.4) is 0 Å². The molecule has 0 radical (unpaired) electrons. The number of ketones is 1. The monoisotopic (exact) mass is 296 g/mol. The van der Waals surface area contributed by atoms with Crippen molar-refractivity contribution in [2.75, 3.05) is 24.7 Å². The van der Waals surface area contributed by atoms with Gasteiger partial charge in [0.1, 0.15) is 0 Å². The number of carbonyl (C=O) groups is 1. The van der Waals surface area contributed by atoms with Crippen molar-refractivity contribution in [3.8, 4) is 0 Å². The van der Waals surface area contributed by atoms with Crippen LogP contribution in [0.25, 0.3) is 0 Å². The van der Waals surface area contributed by atoms with Gasteiger partial charge in [-0.2, -0.15) is 0 Å². The summed E-state index contributed by atoms with van der Waals surface area (Å²) in [5.74, 6) is 0.0353. The van der Waals surface area contributed by atoms with Gasteiger partial charge in [0.15, 0.2) is 5.78 Å². The van der Waals surface area contributed by atoms with E-state index >= 15 is 0 Å². The second-order valence-corrected chi connectivity index (χ2v) is 5.47. The second kappa shape index (κ2) is 4.97. The molecule has 2 aromatic rings. The number of aryl methyl sites for hydroxylation is 1. The highest BCUT2D eigenvalue weighted by Gasteiger charge is 2.32. The maximum absolute atomic E-state index is 13.0. The summed E-state index contributed by atoms with van der Waals surface area (Å²) in [4.78, 5) is 13.7. The highest BCUT2D eigenvalue weighted by Crippen LogP contribution is 2.37. The second-order valence-electron chi connectivity index (χ2n) is 5.07. The minimum atomic E-state index is 0.0353. The minimum Gasteiger partial charge on any atom is -0.388 e. The zero-order chi connectivity index (χ0) is 15.1. The predicted molar refractivity (Wildman–Crippen MR) is 90.9 cm³/mol. The molecule has 0 atom stereocenters. The predicted octanol–water partition coefficient (Wildman–Crippen LogP) is 3.39. The number of thiocarbonyl (C=S) groups is 1. The van der Waals surface area contributed by atoms with Crippen molar-refractivity contribution in [3.63, 3.8) is 0 Å². The van der Waals surface area contributed by atoms with Crippen molar-refractivity contribution in [1.82, 2.24) is 0 Å². The third-order valence-corrected chi connectivity index (χ3v) is 4.37. The number of hydrogen-bond acceptors (Lipinski definition) is 4. The Morgan fingerprint density at radius 2 is 1.57 bits per heavy atom. The molecule has 0 saturated carbocycles. The van der Waals surface area contributed by atoms with Crippen molar-refractivity contribution in [2.24, 2.45) is 0 Å². The summed E-state index contributed by atoms with van der Waals surface area (Å²) in [5.41, 5.74) is 5.73. The van der Waals surface area contributed by atoms with Crippen LogP contribution in [0.5, 0.6) is 0 Å². The quantitative estimate of drug-likeness (QED) is 0.711. The zero-order valence-electron chi connectivity index (χ0n) is 12.2. The lowest BCUT2D eigenvalue weighted by Crippen LogP contribution is -2.24. The summed E-state index contributed by atoms with van der Waals surface area (Å²) in [6.45, 7) is 1.95. The molecule has 2 N–H and O–H groups in total. The summed E-state index contributed by atoms with van der Waals surface area (Å²) >= 11 is 5.67. The van der Waals surface area contributed by atoms with Gasteiger partial charge < -0.3 is 10.6 Å². The van der Waals surface area contributed by atoms with Crippen LogP contribution >= 0.6 is 12.2 Å². The SMILES string of the molecule is CNc1cccc2c1C(=O)c1c(C)ccc(NC)c1C2=S. The van der Waals surface area contributed by atoms with Gasteiger partial charge in [-0.05, 0) is 24.6 Å². The number of hydrogen-bond donors (Lipinski definition) is 2. The third kappa shape index (κ3) is 1.87. The van der Waals surface area contributed by atoms with E-state index < -0.39 is 0 Å². The maximum atomic E-state index is 13.0. The molecule has 1 aliphatic rings. The van der Waals surface area contributed by atoms with Crippen LogP contribution in [-0.4, -0.2) is 24.7 Å². The Kier molecular flexibility index (Phi) is 3.26. The van der Waals surface area contributed by atoms with E-state index in [1.807, 2.05) is 51.4 Å². The normalized spacial score (nSPS) is 12.7. The van der Waals surface area contributed by atoms with E-state index in [4.69, 9.17) is 12.2 Å². The highest BCUT2D eigenvalue weighted by molar-refractivity contribution is 7.81. The van der Waals surface area contributed by atoms with E-state index in [9.17, 15) is 4.79 Å². The molecule has 0 aliphatic heterocycles. The third-order valence-electron chi connectivity index (χ3n) is 3.94. The number of benzene rings is 2. The van der Waals surface area contributed by atoms with E-state index in [-0.39, 0.29) is 5.78 Å². The van der Waals surface area contributed by atoms with Gasteiger partial charge in [-0.25, -0.2) is 0 Å². The minimum absolute atomic E-state index is 0.0353. The molecular formula is C17H16N2OS. The van der Waals surface area contributed by atoms with Gasteiger partial charge in [-0.15, -0.1) is 0 Å². The molecule has 21 heavy (non-hydrogen) atoms. The molecule has 0 spiro atoms. The fourth-order valence-electron chi connectivity index (χ4n) is 2.90. The summed E-state index contributed by atoms with van der Waals surface area (Å²) in [7, 11) is 3.66. The van der Waals surface area contributed by atoms with Crippen LogP contribution < -0.4 is 10.6 Å².